The lowest BCUT2D eigenvalue weighted by molar-refractivity contribution is -0.153. The van der Waals surface area contributed by atoms with Gasteiger partial charge in [-0.2, -0.15) is 52.7 Å². The van der Waals surface area contributed by atoms with Gasteiger partial charge in [-0.1, -0.05) is 0 Å². The fourth-order valence-electron chi connectivity index (χ4n) is 11.9. The second-order valence-electron chi connectivity index (χ2n) is 24.4. The summed E-state index contributed by atoms with van der Waals surface area (Å²) in [6.07, 6.45) is -26.3. The van der Waals surface area contributed by atoms with Crippen LogP contribution in [0.3, 0.4) is 0 Å². The molecule has 4 aliphatic heterocycles. The first-order chi connectivity index (χ1) is 50.6. The molecule has 4 aliphatic rings. The fourth-order valence-corrected chi connectivity index (χ4v) is 11.9. The van der Waals surface area contributed by atoms with Crippen LogP contribution >= 0.6 is 0 Å². The van der Waals surface area contributed by atoms with Gasteiger partial charge in [-0.15, -0.1) is 0 Å². The normalized spacial score (nSPS) is 16.5. The molecule has 4 aromatic carbocycles. The van der Waals surface area contributed by atoms with Gasteiger partial charge in [0, 0.05) is 68.8 Å². The number of fused-ring (bicyclic) bond motifs is 4. The number of esters is 2. The first kappa shape index (κ1) is 81.2. The Hall–Kier alpha value is -10.8. The number of rotatable bonds is 14. The zero-order valence-electron chi connectivity index (χ0n) is 56.0. The van der Waals surface area contributed by atoms with Crippen LogP contribution < -0.4 is 30.4 Å². The van der Waals surface area contributed by atoms with Crippen molar-refractivity contribution in [3.63, 3.8) is 0 Å². The predicted molar refractivity (Wildman–Crippen MR) is 341 cm³/mol. The summed E-state index contributed by atoms with van der Waals surface area (Å²) in [6, 6.07) is 16.6. The minimum absolute atomic E-state index is 0.0107. The molecule has 0 fully saturated rings. The molecule has 0 saturated heterocycles. The quantitative estimate of drug-likeness (QED) is 0.0763. The summed E-state index contributed by atoms with van der Waals surface area (Å²) in [4.78, 5) is 62.9. The number of aromatic nitrogens is 4. The van der Waals surface area contributed by atoms with E-state index in [1.54, 1.807) is 13.8 Å². The Morgan fingerprint density at radius 3 is 0.759 bits per heavy atom. The number of pyridine rings is 4. The third kappa shape index (κ3) is 21.3. The maximum atomic E-state index is 14.3. The Kier molecular flexibility index (Phi) is 25.2. The summed E-state index contributed by atoms with van der Waals surface area (Å²) in [5.74, 6) is -10.9. The Morgan fingerprint density at radius 2 is 0.565 bits per heavy atom. The van der Waals surface area contributed by atoms with Crippen molar-refractivity contribution in [1.29, 1.82) is 0 Å². The van der Waals surface area contributed by atoms with Crippen LogP contribution in [0.25, 0.3) is 44.5 Å². The highest BCUT2D eigenvalue weighted by atomic mass is 19.4. The molecule has 4 aromatic heterocycles. The molecule has 4 N–H and O–H groups in total. The van der Waals surface area contributed by atoms with Crippen LogP contribution in [-0.2, 0) is 35.2 Å². The predicted octanol–water partition coefficient (Wildman–Crippen LogP) is 17.2. The van der Waals surface area contributed by atoms with E-state index in [2.05, 4.69) is 19.9 Å². The average molecular weight is 1550 g/mol. The lowest BCUT2D eigenvalue weighted by Crippen LogP contribution is -2.30. The standard InChI is InChI=1S/2C19H16F5NO3.2C17H13F5N2O2/c2*1-2-27-18(26)16-8-14(12-5-3-10(20)7-15(12)21)13-6-4-11(9-19(22,23)24)28-17(13)25-16;2*18-8-1-3-10(13(19)5-8)12-6-14(15(23)25)24-16-11(12)4-2-9(26-16)7-17(20,21)22/h2*3,5,7-8,11H,2,4,6,9H2,1H3;2*1,3,5-6,9H,2,4,7H2,(H2,23,25)/t2*11-;2*9-/m1010/s1. The molecule has 0 bridgehead atoms. The van der Waals surface area contributed by atoms with Gasteiger partial charge in [-0.05, 0) is 160 Å². The molecule has 12 rings (SSSR count). The number of primary amides is 2. The van der Waals surface area contributed by atoms with Gasteiger partial charge < -0.3 is 39.9 Å². The number of nitrogens with zero attached hydrogens (tertiary/aromatic N) is 4. The minimum atomic E-state index is -4.42. The summed E-state index contributed by atoms with van der Waals surface area (Å²) in [5, 5.41) is 0. The van der Waals surface area contributed by atoms with E-state index in [4.69, 9.17) is 39.9 Å². The number of amides is 2. The number of ether oxygens (including phenoxy) is 6. The highest BCUT2D eigenvalue weighted by Gasteiger charge is 2.41. The van der Waals surface area contributed by atoms with E-state index in [0.717, 1.165) is 24.3 Å². The van der Waals surface area contributed by atoms with Gasteiger partial charge >= 0.3 is 36.6 Å². The fraction of sp³-hybridized carbons (Fsp3) is 0.333. The zero-order chi connectivity index (χ0) is 79.1. The topological polar surface area (TPSA) is 227 Å². The van der Waals surface area contributed by atoms with Crippen molar-refractivity contribution in [2.45, 2.75) is 140 Å². The highest BCUT2D eigenvalue weighted by molar-refractivity contribution is 5.94. The third-order valence-electron chi connectivity index (χ3n) is 16.5. The van der Waals surface area contributed by atoms with Crippen LogP contribution in [0.2, 0.25) is 0 Å². The highest BCUT2D eigenvalue weighted by Crippen LogP contribution is 2.44. The maximum absolute atomic E-state index is 14.3. The van der Waals surface area contributed by atoms with Gasteiger partial charge in [0.1, 0.15) is 82.3 Å². The van der Waals surface area contributed by atoms with Gasteiger partial charge in [0.15, 0.2) is 11.4 Å². The molecule has 0 aliphatic carbocycles. The smallest absolute Gasteiger partial charge is 0.392 e. The van der Waals surface area contributed by atoms with E-state index in [0.29, 0.717) is 46.5 Å². The van der Waals surface area contributed by atoms with Crippen LogP contribution in [0, 0.1) is 46.5 Å². The molecule has 0 unspecified atom stereocenters. The number of hydrogen-bond donors (Lipinski definition) is 2. The first-order valence-electron chi connectivity index (χ1n) is 32.5. The van der Waals surface area contributed by atoms with Crippen molar-refractivity contribution < 1.29 is 135 Å². The largest absolute Gasteiger partial charge is 0.474 e. The molecule has 0 spiro atoms. The number of benzene rings is 4. The van der Waals surface area contributed by atoms with Gasteiger partial charge in [-0.3, -0.25) is 9.59 Å². The Balaban J connectivity index is 0.000000166. The van der Waals surface area contributed by atoms with E-state index in [1.807, 2.05) is 0 Å². The number of hydrogen-bond acceptors (Lipinski definition) is 14. The Bertz CT molecular complexity index is 4400. The van der Waals surface area contributed by atoms with E-state index < -0.39 is 145 Å². The number of alkyl halides is 12. The van der Waals surface area contributed by atoms with Crippen LogP contribution in [-0.4, -0.2) is 106 Å². The van der Waals surface area contributed by atoms with Crippen molar-refractivity contribution in [3.8, 4) is 68.0 Å². The van der Waals surface area contributed by atoms with Crippen molar-refractivity contribution in [2.75, 3.05) is 13.2 Å². The lowest BCUT2D eigenvalue weighted by atomic mass is 9.93. The van der Waals surface area contributed by atoms with Crippen molar-refractivity contribution >= 4 is 23.8 Å². The Labute approximate surface area is 598 Å². The average Bonchev–Trinajstić information content (AvgIpc) is 0.792. The van der Waals surface area contributed by atoms with Crippen LogP contribution in [0.5, 0.6) is 23.5 Å². The second-order valence-corrected chi connectivity index (χ2v) is 24.4. The molecule has 8 heterocycles. The first-order valence-corrected chi connectivity index (χ1v) is 32.5. The van der Waals surface area contributed by atoms with Gasteiger partial charge in [0.2, 0.25) is 23.5 Å². The number of carbonyl (C=O) groups excluding carboxylic acids is 4. The number of halogens is 20. The molecular weight excluding hydrogens is 1490 g/mol. The molecule has 16 nitrogen and oxygen atoms in total. The summed E-state index contributed by atoms with van der Waals surface area (Å²) < 4.78 is 293. The third-order valence-corrected chi connectivity index (χ3v) is 16.5. The molecule has 0 radical (unpaired) electrons. The second kappa shape index (κ2) is 33.5. The van der Waals surface area contributed by atoms with Gasteiger partial charge in [-0.25, -0.2) is 64.6 Å². The summed E-state index contributed by atoms with van der Waals surface area (Å²) >= 11 is 0. The van der Waals surface area contributed by atoms with Crippen LogP contribution in [0.1, 0.15) is 129 Å². The van der Waals surface area contributed by atoms with Crippen molar-refractivity contribution in [1.82, 2.24) is 19.9 Å². The monoisotopic (exact) mass is 1550 g/mol. The molecule has 36 heteroatoms. The van der Waals surface area contributed by atoms with Gasteiger partial charge in [0.05, 0.1) is 38.9 Å². The molecule has 4 atom stereocenters. The summed E-state index contributed by atoms with van der Waals surface area (Å²) in [7, 11) is 0. The lowest BCUT2D eigenvalue weighted by Gasteiger charge is -2.28. The molecule has 576 valence electrons. The number of carbonyl (C=O) groups is 4. The van der Waals surface area contributed by atoms with E-state index in [1.165, 1.54) is 48.5 Å². The Morgan fingerprint density at radius 1 is 0.352 bits per heavy atom. The van der Waals surface area contributed by atoms with E-state index in [-0.39, 0.29) is 155 Å². The SMILES string of the molecule is CCOC(=O)c1cc(-c2ccc(F)cc2F)c2c(n1)O[C@@H](CC(F)(F)F)CC2.CCOC(=O)c1cc(-c2ccc(F)cc2F)c2c(n1)O[C@H](CC(F)(F)F)CC2.NC(=O)c1cc(-c2ccc(F)cc2F)c2c(n1)O[C@@H](CC(F)(F)F)CC2.NC(=O)c1cc(-c2ccc(F)cc2F)c2c(n1)O[C@H](CC(F)(F)F)CC2. The summed E-state index contributed by atoms with van der Waals surface area (Å²) in [5.41, 5.74) is 11.5. The van der Waals surface area contributed by atoms with Crippen molar-refractivity contribution in [2.24, 2.45) is 11.5 Å². The van der Waals surface area contributed by atoms with Crippen LogP contribution in [0.15, 0.2) is 97.1 Å². The molecular formula is C72H58F20N6O10. The van der Waals surface area contributed by atoms with E-state index in [9.17, 15) is 107 Å². The minimum Gasteiger partial charge on any atom is -0.474 e. The van der Waals surface area contributed by atoms with Crippen molar-refractivity contribution in [3.05, 3.63) is 189 Å². The summed E-state index contributed by atoms with van der Waals surface area (Å²) in [6.45, 7) is 3.25. The maximum Gasteiger partial charge on any atom is 0.392 e. The molecule has 0 saturated carbocycles. The number of nitrogens with two attached hydrogens (primary N) is 2. The van der Waals surface area contributed by atoms with Gasteiger partial charge in [0.25, 0.3) is 11.8 Å². The molecule has 2 amide bonds. The molecule has 108 heavy (non-hydrogen) atoms. The molecule has 8 aromatic rings. The van der Waals surface area contributed by atoms with E-state index >= 15 is 0 Å². The van der Waals surface area contributed by atoms with Crippen LogP contribution in [0.4, 0.5) is 87.8 Å². The zero-order valence-corrected chi connectivity index (χ0v) is 56.0.